The standard InChI is InChI=1S/C5H2N2O/c8-5-3-4(5)7-2-1-6-3/h1-2H. The molecule has 0 unspecified atom stereocenters. The molecule has 8 heavy (non-hydrogen) atoms. The molecule has 2 rings (SSSR count). The summed E-state index contributed by atoms with van der Waals surface area (Å²) in [7, 11) is 0. The van der Waals surface area contributed by atoms with Gasteiger partial charge < -0.3 is 0 Å². The third kappa shape index (κ3) is 0.269. The van der Waals surface area contributed by atoms with Gasteiger partial charge in [0.15, 0.2) is 0 Å². The van der Waals surface area contributed by atoms with Crippen LogP contribution >= 0.6 is 0 Å². The van der Waals surface area contributed by atoms with Crippen LogP contribution in [0.3, 0.4) is 0 Å². The first kappa shape index (κ1) is 3.72. The van der Waals surface area contributed by atoms with Crippen molar-refractivity contribution in [2.75, 3.05) is 0 Å². The first-order valence-corrected chi connectivity index (χ1v) is 2.25. The molecule has 0 aliphatic heterocycles. The minimum Gasteiger partial charge on any atom is -0.285 e. The molecule has 0 radical (unpaired) electrons. The van der Waals surface area contributed by atoms with Gasteiger partial charge in [0.25, 0.3) is 0 Å². The monoisotopic (exact) mass is 106 g/mol. The summed E-state index contributed by atoms with van der Waals surface area (Å²) in [6.45, 7) is 0. The Bertz CT molecular complexity index is 301. The Morgan fingerprint density at radius 1 is 1.12 bits per heavy atom. The fourth-order valence-corrected chi connectivity index (χ4v) is 0.607. The largest absolute Gasteiger partial charge is 0.285 e. The van der Waals surface area contributed by atoms with Crippen molar-refractivity contribution >= 4 is 11.0 Å². The second kappa shape index (κ2) is 0.940. The molecule has 0 fully saturated rings. The second-order valence-electron chi connectivity index (χ2n) is 1.58. The van der Waals surface area contributed by atoms with E-state index >= 15 is 0 Å². The SMILES string of the molecule is O=c1c2nccnc12. The number of hydrogen-bond acceptors (Lipinski definition) is 3. The number of fused-ring (bicyclic) bond motifs is 1. The highest BCUT2D eigenvalue weighted by Crippen LogP contribution is 2.02. The van der Waals surface area contributed by atoms with Crippen molar-refractivity contribution in [2.45, 2.75) is 0 Å². The molecule has 0 aliphatic carbocycles. The highest BCUT2D eigenvalue weighted by atomic mass is 16.1. The van der Waals surface area contributed by atoms with Crippen molar-refractivity contribution in [1.29, 1.82) is 0 Å². The van der Waals surface area contributed by atoms with Crippen LogP contribution in [0, 0.1) is 0 Å². The van der Waals surface area contributed by atoms with Crippen molar-refractivity contribution < 1.29 is 0 Å². The summed E-state index contributed by atoms with van der Waals surface area (Å²) in [5.41, 5.74) is 1.06. The zero-order chi connectivity index (χ0) is 5.56. The van der Waals surface area contributed by atoms with E-state index in [1.807, 2.05) is 0 Å². The van der Waals surface area contributed by atoms with E-state index in [4.69, 9.17) is 0 Å². The van der Waals surface area contributed by atoms with E-state index in [0.29, 0.717) is 11.0 Å². The lowest BCUT2D eigenvalue weighted by atomic mass is 10.8. The van der Waals surface area contributed by atoms with E-state index in [9.17, 15) is 4.79 Å². The quantitative estimate of drug-likeness (QED) is 0.469. The summed E-state index contributed by atoms with van der Waals surface area (Å²) in [6, 6.07) is 0. The molecule has 1 aromatic carbocycles. The van der Waals surface area contributed by atoms with E-state index in [1.54, 1.807) is 0 Å². The summed E-state index contributed by atoms with van der Waals surface area (Å²) in [4.78, 5) is 17.9. The lowest BCUT2D eigenvalue weighted by Gasteiger charge is -1.66. The molecule has 0 spiro atoms. The molecule has 0 saturated heterocycles. The summed E-state index contributed by atoms with van der Waals surface area (Å²) in [6.07, 6.45) is 3.04. The predicted molar refractivity (Wildman–Crippen MR) is 28.2 cm³/mol. The fourth-order valence-electron chi connectivity index (χ4n) is 0.607. The summed E-state index contributed by atoms with van der Waals surface area (Å²) in [5.74, 6) is 0. The predicted octanol–water partition coefficient (Wildman–Crippen LogP) is -0.134. The minimum atomic E-state index is -0.00463. The van der Waals surface area contributed by atoms with Crippen molar-refractivity contribution in [3.63, 3.8) is 0 Å². The second-order valence-corrected chi connectivity index (χ2v) is 1.58. The Kier molecular flexibility index (Phi) is 0.436. The summed E-state index contributed by atoms with van der Waals surface area (Å²) >= 11 is 0. The van der Waals surface area contributed by atoms with Crippen LogP contribution in [0.5, 0.6) is 0 Å². The molecule has 0 saturated carbocycles. The molecule has 0 bridgehead atoms. The van der Waals surface area contributed by atoms with Gasteiger partial charge in [0, 0.05) is 12.4 Å². The Morgan fingerprint density at radius 2 is 1.62 bits per heavy atom. The van der Waals surface area contributed by atoms with Gasteiger partial charge in [0.05, 0.1) is 0 Å². The van der Waals surface area contributed by atoms with E-state index in [2.05, 4.69) is 9.97 Å². The van der Waals surface area contributed by atoms with Gasteiger partial charge in [-0.3, -0.25) is 4.79 Å². The van der Waals surface area contributed by atoms with Gasteiger partial charge in [-0.15, -0.1) is 0 Å². The molecule has 0 atom stereocenters. The molecule has 38 valence electrons. The molecule has 3 heteroatoms. The normalized spacial score (nSPS) is 11.0. The van der Waals surface area contributed by atoms with Crippen molar-refractivity contribution in [3.8, 4) is 0 Å². The maximum Gasteiger partial charge on any atom is 0.234 e. The summed E-state index contributed by atoms with van der Waals surface area (Å²) < 4.78 is 0. The van der Waals surface area contributed by atoms with E-state index < -0.39 is 0 Å². The van der Waals surface area contributed by atoms with Gasteiger partial charge in [-0.2, -0.15) is 0 Å². The molecular weight excluding hydrogens is 104 g/mol. The van der Waals surface area contributed by atoms with E-state index in [-0.39, 0.29) is 5.43 Å². The van der Waals surface area contributed by atoms with Crippen molar-refractivity contribution in [3.05, 3.63) is 22.6 Å². The minimum absolute atomic E-state index is 0.00463. The first-order valence-electron chi connectivity index (χ1n) is 2.25. The maximum atomic E-state index is 10.4. The molecular formula is C5H2N2O. The molecule has 1 aromatic heterocycles. The van der Waals surface area contributed by atoms with Crippen LogP contribution in [-0.4, -0.2) is 9.97 Å². The zero-order valence-corrected chi connectivity index (χ0v) is 3.96. The van der Waals surface area contributed by atoms with Gasteiger partial charge in [0.1, 0.15) is 11.0 Å². The smallest absolute Gasteiger partial charge is 0.234 e. The average Bonchev–Trinajstić information content (AvgIpc) is 2.46. The Labute approximate surface area is 44.7 Å². The first-order chi connectivity index (χ1) is 3.89. The molecule has 0 N–H and O–H groups in total. The molecule has 2 aromatic rings. The third-order valence-corrected chi connectivity index (χ3v) is 1.07. The molecule has 0 aliphatic rings. The maximum absolute atomic E-state index is 10.4. The van der Waals surface area contributed by atoms with Crippen LogP contribution in [0.4, 0.5) is 0 Å². The molecule has 3 nitrogen and oxygen atoms in total. The van der Waals surface area contributed by atoms with Crippen LogP contribution < -0.4 is 5.43 Å². The Morgan fingerprint density at radius 3 is 2.00 bits per heavy atom. The fraction of sp³-hybridized carbons (Fsp3) is 0. The van der Waals surface area contributed by atoms with Gasteiger partial charge in [0.2, 0.25) is 5.43 Å². The van der Waals surface area contributed by atoms with Crippen LogP contribution in [0.25, 0.3) is 11.0 Å². The van der Waals surface area contributed by atoms with Gasteiger partial charge in [-0.25, -0.2) is 9.97 Å². The number of aromatic nitrogens is 2. The Balaban J connectivity index is 3.03. The number of hydrogen-bond donors (Lipinski definition) is 0. The van der Waals surface area contributed by atoms with Crippen molar-refractivity contribution in [1.82, 2.24) is 9.97 Å². The van der Waals surface area contributed by atoms with Crippen molar-refractivity contribution in [2.24, 2.45) is 0 Å². The zero-order valence-electron chi connectivity index (χ0n) is 3.96. The van der Waals surface area contributed by atoms with Crippen LogP contribution in [0.1, 0.15) is 0 Å². The van der Waals surface area contributed by atoms with Gasteiger partial charge in [-0.05, 0) is 0 Å². The number of rotatable bonds is 0. The highest BCUT2D eigenvalue weighted by Gasteiger charge is 2.12. The third-order valence-electron chi connectivity index (χ3n) is 1.07. The Hall–Kier alpha value is -1.25. The summed E-state index contributed by atoms with van der Waals surface area (Å²) in [5, 5.41) is 0. The average molecular weight is 106 g/mol. The van der Waals surface area contributed by atoms with Gasteiger partial charge >= 0.3 is 0 Å². The van der Waals surface area contributed by atoms with Crippen LogP contribution in [0.2, 0.25) is 0 Å². The van der Waals surface area contributed by atoms with Gasteiger partial charge in [-0.1, -0.05) is 0 Å². The van der Waals surface area contributed by atoms with Crippen LogP contribution in [-0.2, 0) is 0 Å². The van der Waals surface area contributed by atoms with Crippen LogP contribution in [0.15, 0.2) is 17.2 Å². The lowest BCUT2D eigenvalue weighted by molar-refractivity contribution is 1.34. The molecule has 1 heterocycles. The number of nitrogens with zero attached hydrogens (tertiary/aromatic N) is 2. The topological polar surface area (TPSA) is 42.9 Å². The van der Waals surface area contributed by atoms with E-state index in [0.717, 1.165) is 0 Å². The molecule has 0 amide bonds. The van der Waals surface area contributed by atoms with E-state index in [1.165, 1.54) is 12.4 Å². The highest BCUT2D eigenvalue weighted by molar-refractivity contribution is 5.89. The lowest BCUT2D eigenvalue weighted by Crippen LogP contribution is -1.69.